The van der Waals surface area contributed by atoms with Gasteiger partial charge in [-0.15, -0.1) is 0 Å². The molecule has 0 fully saturated rings. The normalized spacial score (nSPS) is 10.3. The zero-order valence-electron chi connectivity index (χ0n) is 9.23. The second-order valence-electron chi connectivity index (χ2n) is 3.73. The molecule has 0 amide bonds. The van der Waals surface area contributed by atoms with Crippen molar-refractivity contribution in [3.63, 3.8) is 0 Å². The number of hydrogen-bond donors (Lipinski definition) is 3. The Kier molecular flexibility index (Phi) is 4.17. The quantitative estimate of drug-likeness (QED) is 0.530. The molecule has 0 unspecified atom stereocenters. The number of rotatable bonds is 5. The molecule has 0 aromatic heterocycles. The maximum atomic E-state index is 11.0. The standard InChI is InChI=1S/C12H16O4/c1-2-3-4-5-8-6-7-9(13)11(14)10(8)12(15)16/h6-7,13-14H,2-5H2,1H3,(H,15,16). The van der Waals surface area contributed by atoms with Crippen LogP contribution in [0, 0.1) is 0 Å². The third kappa shape index (κ3) is 2.66. The molecule has 4 heteroatoms. The highest BCUT2D eigenvalue weighted by molar-refractivity contribution is 5.93. The summed E-state index contributed by atoms with van der Waals surface area (Å²) in [4.78, 5) is 11.0. The highest BCUT2D eigenvalue weighted by Crippen LogP contribution is 2.32. The zero-order chi connectivity index (χ0) is 12.1. The van der Waals surface area contributed by atoms with E-state index in [0.717, 1.165) is 19.3 Å². The lowest BCUT2D eigenvalue weighted by Gasteiger charge is -2.08. The SMILES string of the molecule is CCCCCc1ccc(O)c(O)c1C(=O)O. The first-order valence-electron chi connectivity index (χ1n) is 5.35. The summed E-state index contributed by atoms with van der Waals surface area (Å²) in [6, 6.07) is 2.87. The molecule has 0 aliphatic heterocycles. The van der Waals surface area contributed by atoms with Crippen LogP contribution in [0.25, 0.3) is 0 Å². The Morgan fingerprint density at radius 2 is 1.94 bits per heavy atom. The summed E-state index contributed by atoms with van der Waals surface area (Å²) >= 11 is 0. The van der Waals surface area contributed by atoms with Gasteiger partial charge in [-0.2, -0.15) is 0 Å². The van der Waals surface area contributed by atoms with Crippen LogP contribution in [0.1, 0.15) is 42.1 Å². The van der Waals surface area contributed by atoms with Crippen molar-refractivity contribution in [3.8, 4) is 11.5 Å². The maximum absolute atomic E-state index is 11.0. The molecule has 0 atom stereocenters. The molecule has 0 aliphatic carbocycles. The second kappa shape index (κ2) is 5.39. The van der Waals surface area contributed by atoms with Gasteiger partial charge in [-0.05, 0) is 24.5 Å². The Balaban J connectivity index is 2.99. The van der Waals surface area contributed by atoms with Crippen LogP contribution in [-0.4, -0.2) is 21.3 Å². The van der Waals surface area contributed by atoms with Crippen LogP contribution in [0.3, 0.4) is 0 Å². The minimum absolute atomic E-state index is 0.184. The fourth-order valence-electron chi connectivity index (χ4n) is 1.63. The van der Waals surface area contributed by atoms with E-state index in [1.165, 1.54) is 6.07 Å². The van der Waals surface area contributed by atoms with Crippen molar-refractivity contribution < 1.29 is 20.1 Å². The third-order valence-corrected chi connectivity index (χ3v) is 2.51. The summed E-state index contributed by atoms with van der Waals surface area (Å²) in [5.41, 5.74) is 0.382. The van der Waals surface area contributed by atoms with Gasteiger partial charge in [0.15, 0.2) is 11.5 Å². The maximum Gasteiger partial charge on any atom is 0.339 e. The lowest BCUT2D eigenvalue weighted by molar-refractivity contribution is 0.0691. The van der Waals surface area contributed by atoms with E-state index < -0.39 is 17.5 Å². The van der Waals surface area contributed by atoms with Crippen molar-refractivity contribution in [1.82, 2.24) is 0 Å². The molecule has 0 bridgehead atoms. The van der Waals surface area contributed by atoms with E-state index in [2.05, 4.69) is 6.92 Å². The number of aromatic carboxylic acids is 1. The van der Waals surface area contributed by atoms with Crippen molar-refractivity contribution in [2.45, 2.75) is 32.6 Å². The molecule has 1 aromatic carbocycles. The third-order valence-electron chi connectivity index (χ3n) is 2.51. The number of phenolic OH excluding ortho intramolecular Hbond substituents is 1. The summed E-state index contributed by atoms with van der Waals surface area (Å²) < 4.78 is 0. The largest absolute Gasteiger partial charge is 0.504 e. The molecule has 0 radical (unpaired) electrons. The topological polar surface area (TPSA) is 77.8 Å². The predicted octanol–water partition coefficient (Wildman–Crippen LogP) is 2.53. The monoisotopic (exact) mass is 224 g/mol. The summed E-state index contributed by atoms with van der Waals surface area (Å²) in [7, 11) is 0. The van der Waals surface area contributed by atoms with Crippen molar-refractivity contribution >= 4 is 5.97 Å². The molecule has 16 heavy (non-hydrogen) atoms. The number of carboxylic acids is 1. The molecule has 0 aliphatic rings. The van der Waals surface area contributed by atoms with Crippen LogP contribution in [0.4, 0.5) is 0 Å². The number of benzene rings is 1. The average molecular weight is 224 g/mol. The van der Waals surface area contributed by atoms with E-state index >= 15 is 0 Å². The number of aryl methyl sites for hydroxylation is 1. The molecular weight excluding hydrogens is 208 g/mol. The van der Waals surface area contributed by atoms with E-state index in [4.69, 9.17) is 5.11 Å². The average Bonchev–Trinajstić information content (AvgIpc) is 2.23. The van der Waals surface area contributed by atoms with Crippen LogP contribution < -0.4 is 0 Å². The van der Waals surface area contributed by atoms with E-state index in [0.29, 0.717) is 12.0 Å². The molecule has 0 saturated carbocycles. The molecule has 0 heterocycles. The Labute approximate surface area is 94.2 Å². The van der Waals surface area contributed by atoms with E-state index in [9.17, 15) is 15.0 Å². The summed E-state index contributed by atoms with van der Waals surface area (Å²) in [5.74, 6) is -2.14. The van der Waals surface area contributed by atoms with Crippen LogP contribution in [0.15, 0.2) is 12.1 Å². The van der Waals surface area contributed by atoms with Crippen LogP contribution in [-0.2, 0) is 6.42 Å². The first kappa shape index (κ1) is 12.4. The Morgan fingerprint density at radius 3 is 2.50 bits per heavy atom. The van der Waals surface area contributed by atoms with Gasteiger partial charge in [0.1, 0.15) is 5.56 Å². The minimum Gasteiger partial charge on any atom is -0.504 e. The summed E-state index contributed by atoms with van der Waals surface area (Å²) in [6.07, 6.45) is 3.54. The molecule has 0 spiro atoms. The van der Waals surface area contributed by atoms with Crippen molar-refractivity contribution in [3.05, 3.63) is 23.3 Å². The van der Waals surface area contributed by atoms with Gasteiger partial charge in [0.25, 0.3) is 0 Å². The molecule has 88 valence electrons. The summed E-state index contributed by atoms with van der Waals surface area (Å²) in [6.45, 7) is 2.06. The van der Waals surface area contributed by atoms with Gasteiger partial charge in [0.2, 0.25) is 0 Å². The van der Waals surface area contributed by atoms with Gasteiger partial charge < -0.3 is 15.3 Å². The number of carbonyl (C=O) groups is 1. The van der Waals surface area contributed by atoms with Crippen molar-refractivity contribution in [1.29, 1.82) is 0 Å². The Morgan fingerprint density at radius 1 is 1.25 bits per heavy atom. The lowest BCUT2D eigenvalue weighted by atomic mass is 10.00. The molecular formula is C12H16O4. The summed E-state index contributed by atoms with van der Waals surface area (Å²) in [5, 5.41) is 27.7. The zero-order valence-corrected chi connectivity index (χ0v) is 9.23. The molecule has 1 rings (SSSR count). The van der Waals surface area contributed by atoms with Gasteiger partial charge in [-0.1, -0.05) is 25.8 Å². The van der Waals surface area contributed by atoms with Gasteiger partial charge in [-0.25, -0.2) is 4.79 Å². The molecule has 0 saturated heterocycles. The number of aromatic hydroxyl groups is 2. The minimum atomic E-state index is -1.21. The van der Waals surface area contributed by atoms with Crippen molar-refractivity contribution in [2.24, 2.45) is 0 Å². The highest BCUT2D eigenvalue weighted by Gasteiger charge is 2.17. The van der Waals surface area contributed by atoms with E-state index in [1.807, 2.05) is 0 Å². The Hall–Kier alpha value is -1.71. The van der Waals surface area contributed by atoms with Crippen molar-refractivity contribution in [2.75, 3.05) is 0 Å². The first-order valence-corrected chi connectivity index (χ1v) is 5.35. The second-order valence-corrected chi connectivity index (χ2v) is 3.73. The van der Waals surface area contributed by atoms with Gasteiger partial charge in [0.05, 0.1) is 0 Å². The fraction of sp³-hybridized carbons (Fsp3) is 0.417. The number of unbranched alkanes of at least 4 members (excludes halogenated alkanes) is 2. The fourth-order valence-corrected chi connectivity index (χ4v) is 1.63. The van der Waals surface area contributed by atoms with Crippen LogP contribution in [0.5, 0.6) is 11.5 Å². The smallest absolute Gasteiger partial charge is 0.339 e. The Bertz CT molecular complexity index is 385. The van der Waals surface area contributed by atoms with E-state index in [-0.39, 0.29) is 5.56 Å². The molecule has 4 nitrogen and oxygen atoms in total. The van der Waals surface area contributed by atoms with Gasteiger partial charge in [-0.3, -0.25) is 0 Å². The highest BCUT2D eigenvalue weighted by atomic mass is 16.4. The molecule has 3 N–H and O–H groups in total. The van der Waals surface area contributed by atoms with Gasteiger partial charge >= 0.3 is 5.97 Å². The molecule has 1 aromatic rings. The van der Waals surface area contributed by atoms with Crippen LogP contribution >= 0.6 is 0 Å². The number of hydrogen-bond acceptors (Lipinski definition) is 3. The lowest BCUT2D eigenvalue weighted by Crippen LogP contribution is -2.03. The number of carboxylic acid groups (broad SMARTS) is 1. The predicted molar refractivity (Wildman–Crippen MR) is 60.0 cm³/mol. The first-order chi connectivity index (χ1) is 7.57. The number of phenols is 2. The van der Waals surface area contributed by atoms with E-state index in [1.54, 1.807) is 6.07 Å². The van der Waals surface area contributed by atoms with Gasteiger partial charge in [0, 0.05) is 0 Å². The van der Waals surface area contributed by atoms with Crippen LogP contribution in [0.2, 0.25) is 0 Å².